The number of aryl methyl sites for hydroxylation is 2. The van der Waals surface area contributed by atoms with Crippen LogP contribution >= 0.6 is 15.9 Å². The van der Waals surface area contributed by atoms with E-state index in [2.05, 4.69) is 15.9 Å². The van der Waals surface area contributed by atoms with E-state index in [0.29, 0.717) is 0 Å². The summed E-state index contributed by atoms with van der Waals surface area (Å²) >= 11 is 3.65. The first kappa shape index (κ1) is 12.4. The van der Waals surface area contributed by atoms with Crippen LogP contribution in [0, 0.1) is 19.7 Å². The summed E-state index contributed by atoms with van der Waals surface area (Å²) in [6, 6.07) is 8.64. The van der Waals surface area contributed by atoms with Crippen LogP contribution in [0.5, 0.6) is 0 Å². The van der Waals surface area contributed by atoms with Gasteiger partial charge in [-0.2, -0.15) is 0 Å². The fraction of sp³-hybridized carbons (Fsp3) is 0.286. The van der Waals surface area contributed by atoms with Gasteiger partial charge in [0.1, 0.15) is 17.3 Å². The van der Waals surface area contributed by atoms with E-state index in [4.69, 9.17) is 4.42 Å². The molecule has 0 radical (unpaired) electrons. The lowest BCUT2D eigenvalue weighted by Gasteiger charge is -2.08. The SMILES string of the molecule is Cc1cc(C(Br)Cc2ccc(F)cc2)c(C)o1. The van der Waals surface area contributed by atoms with E-state index in [1.54, 1.807) is 0 Å². The highest BCUT2D eigenvalue weighted by molar-refractivity contribution is 9.09. The van der Waals surface area contributed by atoms with Crippen molar-refractivity contribution in [3.8, 4) is 0 Å². The lowest BCUT2D eigenvalue weighted by Crippen LogP contribution is -1.95. The summed E-state index contributed by atoms with van der Waals surface area (Å²) in [7, 11) is 0. The molecule has 90 valence electrons. The lowest BCUT2D eigenvalue weighted by molar-refractivity contribution is 0.501. The number of halogens is 2. The van der Waals surface area contributed by atoms with Gasteiger partial charge in [0.15, 0.2) is 0 Å². The highest BCUT2D eigenvalue weighted by Crippen LogP contribution is 2.31. The van der Waals surface area contributed by atoms with Gasteiger partial charge in [0.25, 0.3) is 0 Å². The Balaban J connectivity index is 2.14. The molecule has 2 aromatic rings. The molecule has 1 aromatic heterocycles. The molecule has 1 unspecified atom stereocenters. The number of rotatable bonds is 3. The molecule has 0 amide bonds. The van der Waals surface area contributed by atoms with Crippen molar-refractivity contribution in [2.24, 2.45) is 0 Å². The fourth-order valence-corrected chi connectivity index (χ4v) is 2.73. The van der Waals surface area contributed by atoms with Crippen molar-refractivity contribution in [2.75, 3.05) is 0 Å². The predicted molar refractivity (Wildman–Crippen MR) is 70.0 cm³/mol. The molecule has 3 heteroatoms. The standard InChI is InChI=1S/C14H14BrFO/c1-9-7-13(10(2)17-9)14(15)8-11-3-5-12(16)6-4-11/h3-7,14H,8H2,1-2H3. The van der Waals surface area contributed by atoms with E-state index >= 15 is 0 Å². The first-order valence-corrected chi connectivity index (χ1v) is 6.43. The van der Waals surface area contributed by atoms with Gasteiger partial charge in [0, 0.05) is 10.4 Å². The Morgan fingerprint density at radius 3 is 2.41 bits per heavy atom. The molecular formula is C14H14BrFO. The minimum absolute atomic E-state index is 0.199. The first-order valence-electron chi connectivity index (χ1n) is 5.51. The Morgan fingerprint density at radius 2 is 1.88 bits per heavy atom. The summed E-state index contributed by atoms with van der Waals surface area (Å²) in [6.07, 6.45) is 0.820. The van der Waals surface area contributed by atoms with Gasteiger partial charge >= 0.3 is 0 Å². The van der Waals surface area contributed by atoms with Gasteiger partial charge < -0.3 is 4.42 Å². The molecule has 0 spiro atoms. The molecule has 1 nitrogen and oxygen atoms in total. The Kier molecular flexibility index (Phi) is 3.67. The van der Waals surface area contributed by atoms with E-state index in [1.165, 1.54) is 12.1 Å². The average molecular weight is 297 g/mol. The second kappa shape index (κ2) is 5.05. The lowest BCUT2D eigenvalue weighted by atomic mass is 10.0. The van der Waals surface area contributed by atoms with Gasteiger partial charge in [0.2, 0.25) is 0 Å². The zero-order valence-corrected chi connectivity index (χ0v) is 11.4. The molecule has 0 aliphatic carbocycles. The van der Waals surface area contributed by atoms with Crippen LogP contribution in [0.4, 0.5) is 4.39 Å². The number of furan rings is 1. The molecule has 1 heterocycles. The number of benzene rings is 1. The highest BCUT2D eigenvalue weighted by Gasteiger charge is 2.14. The molecule has 1 atom stereocenters. The topological polar surface area (TPSA) is 13.1 Å². The summed E-state index contributed by atoms with van der Waals surface area (Å²) in [5, 5.41) is 0. The number of hydrogen-bond donors (Lipinski definition) is 0. The first-order chi connectivity index (χ1) is 8.06. The molecule has 0 bridgehead atoms. The average Bonchev–Trinajstić information content (AvgIpc) is 2.61. The van der Waals surface area contributed by atoms with Crippen LogP contribution in [0.2, 0.25) is 0 Å². The van der Waals surface area contributed by atoms with Crippen molar-refractivity contribution in [1.82, 2.24) is 0 Å². The van der Waals surface area contributed by atoms with Gasteiger partial charge in [-0.3, -0.25) is 0 Å². The summed E-state index contributed by atoms with van der Waals surface area (Å²) in [5.74, 6) is 1.66. The minimum Gasteiger partial charge on any atom is -0.466 e. The normalized spacial score (nSPS) is 12.7. The van der Waals surface area contributed by atoms with Crippen molar-refractivity contribution in [3.63, 3.8) is 0 Å². The minimum atomic E-state index is -0.199. The van der Waals surface area contributed by atoms with Gasteiger partial charge in [-0.1, -0.05) is 28.1 Å². The van der Waals surface area contributed by atoms with Crippen LogP contribution in [-0.4, -0.2) is 0 Å². The summed E-state index contributed by atoms with van der Waals surface area (Å²) in [4.78, 5) is 0.199. The van der Waals surface area contributed by atoms with E-state index in [-0.39, 0.29) is 10.6 Å². The fourth-order valence-electron chi connectivity index (χ4n) is 1.90. The van der Waals surface area contributed by atoms with Crippen LogP contribution in [0.15, 0.2) is 34.7 Å². The van der Waals surface area contributed by atoms with Crippen LogP contribution in [0.3, 0.4) is 0 Å². The third kappa shape index (κ3) is 2.97. The molecule has 0 fully saturated rings. The molecule has 17 heavy (non-hydrogen) atoms. The zero-order chi connectivity index (χ0) is 12.4. The monoisotopic (exact) mass is 296 g/mol. The van der Waals surface area contributed by atoms with Crippen molar-refractivity contribution >= 4 is 15.9 Å². The van der Waals surface area contributed by atoms with E-state index in [1.807, 2.05) is 32.0 Å². The number of hydrogen-bond acceptors (Lipinski definition) is 1. The van der Waals surface area contributed by atoms with Gasteiger partial charge in [-0.25, -0.2) is 4.39 Å². The third-order valence-corrected chi connectivity index (χ3v) is 3.56. The second-order valence-corrected chi connectivity index (χ2v) is 5.27. The van der Waals surface area contributed by atoms with E-state index in [0.717, 1.165) is 29.1 Å². The largest absolute Gasteiger partial charge is 0.466 e. The molecular weight excluding hydrogens is 283 g/mol. The van der Waals surface area contributed by atoms with Crippen molar-refractivity contribution in [1.29, 1.82) is 0 Å². The Bertz CT molecular complexity index is 501. The summed E-state index contributed by atoms with van der Waals surface area (Å²) in [6.45, 7) is 3.90. The van der Waals surface area contributed by atoms with Crippen LogP contribution in [0.25, 0.3) is 0 Å². The Labute approximate surface area is 109 Å². The Hall–Kier alpha value is -1.09. The Morgan fingerprint density at radius 1 is 1.24 bits per heavy atom. The highest BCUT2D eigenvalue weighted by atomic mass is 79.9. The molecule has 0 N–H and O–H groups in total. The quantitative estimate of drug-likeness (QED) is 0.747. The number of alkyl halides is 1. The zero-order valence-electron chi connectivity index (χ0n) is 9.84. The van der Waals surface area contributed by atoms with E-state index < -0.39 is 0 Å². The molecule has 0 aliphatic heterocycles. The van der Waals surface area contributed by atoms with Crippen LogP contribution in [0.1, 0.15) is 27.5 Å². The van der Waals surface area contributed by atoms with Gasteiger partial charge in [-0.15, -0.1) is 0 Å². The van der Waals surface area contributed by atoms with Crippen molar-refractivity contribution in [2.45, 2.75) is 25.1 Å². The summed E-state index contributed by atoms with van der Waals surface area (Å²) < 4.78 is 18.3. The molecule has 2 rings (SSSR count). The molecule has 0 saturated heterocycles. The maximum absolute atomic E-state index is 12.8. The van der Waals surface area contributed by atoms with Crippen LogP contribution < -0.4 is 0 Å². The van der Waals surface area contributed by atoms with Gasteiger partial charge in [-0.05, 0) is 44.0 Å². The maximum Gasteiger partial charge on any atom is 0.123 e. The van der Waals surface area contributed by atoms with E-state index in [9.17, 15) is 4.39 Å². The third-order valence-electron chi connectivity index (χ3n) is 2.75. The van der Waals surface area contributed by atoms with Crippen molar-refractivity contribution in [3.05, 3.63) is 58.8 Å². The van der Waals surface area contributed by atoms with Crippen molar-refractivity contribution < 1.29 is 8.81 Å². The smallest absolute Gasteiger partial charge is 0.123 e. The van der Waals surface area contributed by atoms with Gasteiger partial charge in [0.05, 0.1) is 0 Å². The predicted octanol–water partition coefficient (Wildman–Crippen LogP) is 4.71. The maximum atomic E-state index is 12.8. The second-order valence-electron chi connectivity index (χ2n) is 4.17. The molecule has 0 aliphatic rings. The molecule has 0 saturated carbocycles. The molecule has 1 aromatic carbocycles. The summed E-state index contributed by atoms with van der Waals surface area (Å²) in [5.41, 5.74) is 2.26. The van der Waals surface area contributed by atoms with Crippen LogP contribution in [-0.2, 0) is 6.42 Å².